The maximum absolute atomic E-state index is 14.1. The Kier molecular flexibility index (Phi) is 15.2. The van der Waals surface area contributed by atoms with Crippen LogP contribution in [0.4, 0.5) is 8.78 Å². The van der Waals surface area contributed by atoms with Crippen LogP contribution in [-0.4, -0.2) is 71.5 Å². The first-order chi connectivity index (χ1) is 13.0. The van der Waals surface area contributed by atoms with Crippen molar-refractivity contribution in [2.24, 2.45) is 4.99 Å². The largest absolute Gasteiger partial charge is 0.382 e. The second kappa shape index (κ2) is 15.8. The molecule has 0 bridgehead atoms. The third-order valence-electron chi connectivity index (χ3n) is 3.91. The van der Waals surface area contributed by atoms with Crippen molar-refractivity contribution in [3.63, 3.8) is 0 Å². The van der Waals surface area contributed by atoms with E-state index in [-0.39, 0.29) is 36.1 Å². The summed E-state index contributed by atoms with van der Waals surface area (Å²) in [5.41, 5.74) is 0.0358. The van der Waals surface area contributed by atoms with Gasteiger partial charge in [-0.1, -0.05) is 6.07 Å². The Hall–Kier alpha value is -1.04. The molecule has 0 saturated heterocycles. The molecule has 1 unspecified atom stereocenters. The van der Waals surface area contributed by atoms with Gasteiger partial charge in [-0.15, -0.1) is 24.0 Å². The normalized spacial score (nSPS) is 12.6. The number of benzene rings is 1. The number of rotatable bonds is 12. The first-order valence-electron chi connectivity index (χ1n) is 9.20. The first-order valence-corrected chi connectivity index (χ1v) is 9.20. The molecule has 0 radical (unpaired) electrons. The Morgan fingerprint density at radius 1 is 1.14 bits per heavy atom. The molecule has 1 atom stereocenters. The highest BCUT2D eigenvalue weighted by Crippen LogP contribution is 2.24. The zero-order valence-corrected chi connectivity index (χ0v) is 19.5. The number of likely N-dealkylation sites (N-methyl/N-ethyl adjacent to an activating group) is 1. The zero-order chi connectivity index (χ0) is 20.1. The second-order valence-corrected chi connectivity index (χ2v) is 6.22. The molecule has 1 aromatic rings. The molecule has 0 amide bonds. The van der Waals surface area contributed by atoms with Crippen LogP contribution in [0, 0.1) is 11.6 Å². The van der Waals surface area contributed by atoms with E-state index in [9.17, 15) is 8.78 Å². The van der Waals surface area contributed by atoms with Gasteiger partial charge in [0.05, 0.1) is 25.8 Å². The SMILES string of the molecule is CCNC(=NCC(c1c(F)cccc1F)N(C)C)NCCCOCCOC.I. The van der Waals surface area contributed by atoms with Gasteiger partial charge in [0.15, 0.2) is 5.96 Å². The van der Waals surface area contributed by atoms with Crippen LogP contribution >= 0.6 is 24.0 Å². The van der Waals surface area contributed by atoms with E-state index >= 15 is 0 Å². The van der Waals surface area contributed by atoms with Crippen molar-refractivity contribution in [1.82, 2.24) is 15.5 Å². The predicted octanol–water partition coefficient (Wildman–Crippen LogP) is 2.79. The molecule has 28 heavy (non-hydrogen) atoms. The Labute approximate surface area is 184 Å². The summed E-state index contributed by atoms with van der Waals surface area (Å²) in [6, 6.07) is 3.40. The molecule has 6 nitrogen and oxygen atoms in total. The van der Waals surface area contributed by atoms with Gasteiger partial charge in [0.25, 0.3) is 0 Å². The lowest BCUT2D eigenvalue weighted by Gasteiger charge is -2.24. The molecule has 1 rings (SSSR count). The molecule has 0 aliphatic rings. The van der Waals surface area contributed by atoms with Crippen LogP contribution in [0.5, 0.6) is 0 Å². The Bertz CT molecular complexity index is 557. The highest BCUT2D eigenvalue weighted by molar-refractivity contribution is 14.0. The minimum absolute atomic E-state index is 0. The van der Waals surface area contributed by atoms with E-state index in [1.54, 1.807) is 26.1 Å². The van der Waals surface area contributed by atoms with Crippen LogP contribution in [0.1, 0.15) is 24.9 Å². The van der Waals surface area contributed by atoms with E-state index in [1.165, 1.54) is 18.2 Å². The number of nitrogens with one attached hydrogen (secondary N) is 2. The summed E-state index contributed by atoms with van der Waals surface area (Å²) in [7, 11) is 5.20. The summed E-state index contributed by atoms with van der Waals surface area (Å²) in [6.45, 7) is 5.34. The summed E-state index contributed by atoms with van der Waals surface area (Å²) in [6.07, 6.45) is 0.813. The fourth-order valence-electron chi connectivity index (χ4n) is 2.49. The van der Waals surface area contributed by atoms with Gasteiger partial charge in [-0.05, 0) is 39.6 Å². The van der Waals surface area contributed by atoms with Gasteiger partial charge < -0.3 is 25.0 Å². The zero-order valence-electron chi connectivity index (χ0n) is 17.1. The number of aliphatic imine (C=N–C) groups is 1. The Balaban J connectivity index is 0.00000729. The fraction of sp³-hybridized carbons (Fsp3) is 0.632. The molecular formula is C19H33F2IN4O2. The molecule has 9 heteroatoms. The summed E-state index contributed by atoms with van der Waals surface area (Å²) in [5, 5.41) is 6.35. The molecule has 0 aliphatic heterocycles. The van der Waals surface area contributed by atoms with Crippen LogP contribution in [0.15, 0.2) is 23.2 Å². The van der Waals surface area contributed by atoms with Crippen LogP contribution in [0.2, 0.25) is 0 Å². The van der Waals surface area contributed by atoms with Gasteiger partial charge in [-0.3, -0.25) is 4.99 Å². The lowest BCUT2D eigenvalue weighted by molar-refractivity contribution is 0.0698. The van der Waals surface area contributed by atoms with Gasteiger partial charge >= 0.3 is 0 Å². The quantitative estimate of drug-likeness (QED) is 0.195. The third kappa shape index (κ3) is 9.94. The maximum Gasteiger partial charge on any atom is 0.191 e. The number of halogens is 3. The average Bonchev–Trinajstić information content (AvgIpc) is 2.62. The molecule has 0 saturated carbocycles. The van der Waals surface area contributed by atoms with Crippen LogP contribution in [0.25, 0.3) is 0 Å². The van der Waals surface area contributed by atoms with E-state index in [0.717, 1.165) is 6.42 Å². The summed E-state index contributed by atoms with van der Waals surface area (Å²) in [5.74, 6) is -0.511. The lowest BCUT2D eigenvalue weighted by atomic mass is 10.0. The highest BCUT2D eigenvalue weighted by Gasteiger charge is 2.22. The van der Waals surface area contributed by atoms with Crippen molar-refractivity contribution in [1.29, 1.82) is 0 Å². The Morgan fingerprint density at radius 2 is 1.82 bits per heavy atom. The maximum atomic E-state index is 14.1. The van der Waals surface area contributed by atoms with Crippen LogP contribution in [-0.2, 0) is 9.47 Å². The van der Waals surface area contributed by atoms with Crippen molar-refractivity contribution in [3.8, 4) is 0 Å². The van der Waals surface area contributed by atoms with Crippen molar-refractivity contribution in [2.45, 2.75) is 19.4 Å². The van der Waals surface area contributed by atoms with Crippen molar-refractivity contribution < 1.29 is 18.3 Å². The highest BCUT2D eigenvalue weighted by atomic mass is 127. The standard InChI is InChI=1S/C19H32F2N4O2.HI/c1-5-22-19(23-10-7-11-27-13-12-26-4)24-14-17(25(2)3)18-15(20)8-6-9-16(18)21;/h6,8-9,17H,5,7,10-14H2,1-4H3,(H2,22,23,24);1H. The lowest BCUT2D eigenvalue weighted by Crippen LogP contribution is -2.39. The van der Waals surface area contributed by atoms with Gasteiger partial charge in [-0.25, -0.2) is 8.78 Å². The van der Waals surface area contributed by atoms with E-state index in [4.69, 9.17) is 9.47 Å². The van der Waals surface area contributed by atoms with Crippen molar-refractivity contribution >= 4 is 29.9 Å². The molecule has 0 spiro atoms. The third-order valence-corrected chi connectivity index (χ3v) is 3.91. The minimum atomic E-state index is -0.560. The number of hydrogen-bond donors (Lipinski definition) is 2. The molecule has 0 fully saturated rings. The first kappa shape index (κ1) is 27.0. The second-order valence-electron chi connectivity index (χ2n) is 6.22. The van der Waals surface area contributed by atoms with Gasteiger partial charge in [0, 0.05) is 32.4 Å². The monoisotopic (exact) mass is 514 g/mol. The summed E-state index contributed by atoms with van der Waals surface area (Å²) < 4.78 is 38.6. The smallest absolute Gasteiger partial charge is 0.191 e. The van der Waals surface area contributed by atoms with Crippen molar-refractivity contribution in [2.75, 3.05) is 60.7 Å². The number of nitrogens with zero attached hydrogens (tertiary/aromatic N) is 2. The fourth-order valence-corrected chi connectivity index (χ4v) is 2.49. The van der Waals surface area contributed by atoms with Gasteiger partial charge in [-0.2, -0.15) is 0 Å². The number of methoxy groups -OCH3 is 1. The number of ether oxygens (including phenoxy) is 2. The van der Waals surface area contributed by atoms with E-state index in [1.807, 2.05) is 6.92 Å². The molecule has 0 aromatic heterocycles. The minimum Gasteiger partial charge on any atom is -0.382 e. The van der Waals surface area contributed by atoms with E-state index in [2.05, 4.69) is 15.6 Å². The summed E-state index contributed by atoms with van der Waals surface area (Å²) in [4.78, 5) is 6.26. The van der Waals surface area contributed by atoms with Crippen LogP contribution < -0.4 is 10.6 Å². The molecular weight excluding hydrogens is 481 g/mol. The molecule has 1 aromatic carbocycles. The predicted molar refractivity (Wildman–Crippen MR) is 119 cm³/mol. The summed E-state index contributed by atoms with van der Waals surface area (Å²) >= 11 is 0. The van der Waals surface area contributed by atoms with Crippen LogP contribution in [0.3, 0.4) is 0 Å². The van der Waals surface area contributed by atoms with E-state index < -0.39 is 17.7 Å². The molecule has 2 N–H and O–H groups in total. The molecule has 0 heterocycles. The van der Waals surface area contributed by atoms with Gasteiger partial charge in [0.2, 0.25) is 0 Å². The van der Waals surface area contributed by atoms with Gasteiger partial charge in [0.1, 0.15) is 11.6 Å². The topological polar surface area (TPSA) is 58.1 Å². The van der Waals surface area contributed by atoms with Crippen molar-refractivity contribution in [3.05, 3.63) is 35.4 Å². The number of guanidine groups is 1. The molecule has 0 aliphatic carbocycles. The number of hydrogen-bond acceptors (Lipinski definition) is 4. The Morgan fingerprint density at radius 3 is 2.39 bits per heavy atom. The molecule has 162 valence electrons. The van der Waals surface area contributed by atoms with E-state index in [0.29, 0.717) is 38.9 Å². The average molecular weight is 514 g/mol.